The molecule has 0 spiro atoms. The van der Waals surface area contributed by atoms with Crippen molar-refractivity contribution in [1.82, 2.24) is 9.38 Å². The van der Waals surface area contributed by atoms with Gasteiger partial charge in [-0.15, -0.1) is 0 Å². The number of fused-ring (bicyclic) bond motifs is 6. The first-order valence-electron chi connectivity index (χ1n) is 16.5. The average molecular weight is 605 g/mol. The molecule has 8 rings (SSSR count). The van der Waals surface area contributed by atoms with Gasteiger partial charge < -0.3 is 0 Å². The maximum Gasteiger partial charge on any atom is 0.146 e. The first-order chi connectivity index (χ1) is 23.2. The molecule has 0 atom stereocenters. The van der Waals surface area contributed by atoms with E-state index < -0.39 is 0 Å². The summed E-state index contributed by atoms with van der Waals surface area (Å²) in [5.41, 5.74) is 14.2. The van der Waals surface area contributed by atoms with Crippen LogP contribution in [-0.4, -0.2) is 9.38 Å². The topological polar surface area (TPSA) is 17.3 Å². The van der Waals surface area contributed by atoms with Crippen molar-refractivity contribution in [3.05, 3.63) is 174 Å². The number of nitrogens with zero attached hydrogens (tertiary/aromatic N) is 2. The van der Waals surface area contributed by atoms with Crippen LogP contribution in [0, 0.1) is 0 Å². The molecule has 2 nitrogen and oxygen atoms in total. The van der Waals surface area contributed by atoms with Crippen LogP contribution in [0.5, 0.6) is 0 Å². The van der Waals surface area contributed by atoms with Gasteiger partial charge in [0.25, 0.3) is 0 Å². The normalized spacial score (nSPS) is 13.9. The van der Waals surface area contributed by atoms with Crippen molar-refractivity contribution < 1.29 is 0 Å². The van der Waals surface area contributed by atoms with Gasteiger partial charge in [0.1, 0.15) is 5.65 Å². The van der Waals surface area contributed by atoms with Crippen LogP contribution < -0.4 is 0 Å². The van der Waals surface area contributed by atoms with E-state index in [0.29, 0.717) is 0 Å². The number of aromatic nitrogens is 2. The molecule has 0 N–H and O–H groups in total. The Bertz CT molecular complexity index is 2380. The van der Waals surface area contributed by atoms with E-state index in [4.69, 9.17) is 4.98 Å². The molecule has 0 unspecified atom stereocenters. The van der Waals surface area contributed by atoms with Crippen molar-refractivity contribution in [3.63, 3.8) is 0 Å². The van der Waals surface area contributed by atoms with Gasteiger partial charge in [0.2, 0.25) is 0 Å². The lowest BCUT2D eigenvalue weighted by molar-refractivity contribution is 0.968. The van der Waals surface area contributed by atoms with Crippen molar-refractivity contribution in [2.75, 3.05) is 0 Å². The molecule has 0 aliphatic heterocycles. The van der Waals surface area contributed by atoms with Crippen molar-refractivity contribution >= 4 is 32.9 Å². The van der Waals surface area contributed by atoms with Gasteiger partial charge in [0.05, 0.1) is 16.9 Å². The van der Waals surface area contributed by atoms with E-state index in [1.807, 2.05) is 0 Å². The fraction of sp³-hybridized carbons (Fsp3) is 0.0889. The number of allylic oxidation sites excluding steroid dienone is 8. The average Bonchev–Trinajstić information content (AvgIpc) is 3.56. The zero-order valence-corrected chi connectivity index (χ0v) is 26.8. The minimum Gasteiger partial charge on any atom is -0.291 e. The van der Waals surface area contributed by atoms with Crippen LogP contribution in [0.1, 0.15) is 32.3 Å². The fourth-order valence-electron chi connectivity index (χ4n) is 6.84. The summed E-state index contributed by atoms with van der Waals surface area (Å²) in [5.74, 6) is 0. The van der Waals surface area contributed by atoms with Crippen LogP contribution in [-0.2, 0) is 0 Å². The van der Waals surface area contributed by atoms with Crippen LogP contribution in [0.4, 0.5) is 0 Å². The summed E-state index contributed by atoms with van der Waals surface area (Å²) < 4.78 is 2.36. The zero-order valence-electron chi connectivity index (χ0n) is 26.8. The second kappa shape index (κ2) is 12.2. The second-order valence-corrected chi connectivity index (χ2v) is 12.4. The van der Waals surface area contributed by atoms with E-state index in [1.54, 1.807) is 0 Å². The Labute approximate surface area is 276 Å². The molecular weight excluding hydrogens is 569 g/mol. The summed E-state index contributed by atoms with van der Waals surface area (Å²) >= 11 is 0. The number of pyridine rings is 1. The van der Waals surface area contributed by atoms with Gasteiger partial charge in [-0.2, -0.15) is 0 Å². The Morgan fingerprint density at radius 2 is 1.30 bits per heavy atom. The number of benzene rings is 5. The Hall–Kier alpha value is -5.73. The highest BCUT2D eigenvalue weighted by Gasteiger charge is 2.20. The number of para-hydroxylation sites is 1. The molecule has 5 aromatic carbocycles. The van der Waals surface area contributed by atoms with E-state index >= 15 is 0 Å². The maximum absolute atomic E-state index is 5.38. The molecule has 1 aliphatic carbocycles. The second-order valence-electron chi connectivity index (χ2n) is 12.4. The standard InChI is InChI=1S/C45H36N2/c1-31(33-14-6-3-7-15-33)22-23-32(2)34-24-26-35(27-25-34)38-28-29-40-41(30-38)39-20-12-13-21-42(39)47-44(37-18-10-5-11-19-37)43(46-45(40)47)36-16-8-4-9-17-36/h3-6,8-14,16-30H,7,15H2,1-2H3/b31-22+,32-23+. The lowest BCUT2D eigenvalue weighted by atomic mass is 9.96. The predicted molar refractivity (Wildman–Crippen MR) is 200 cm³/mol. The molecular formula is C45H36N2. The molecule has 7 aromatic rings. The zero-order chi connectivity index (χ0) is 31.7. The lowest BCUT2D eigenvalue weighted by Gasteiger charge is -2.13. The van der Waals surface area contributed by atoms with Gasteiger partial charge in [-0.1, -0.05) is 140 Å². The molecule has 0 saturated carbocycles. The van der Waals surface area contributed by atoms with Crippen molar-refractivity contribution in [3.8, 4) is 33.6 Å². The summed E-state index contributed by atoms with van der Waals surface area (Å²) in [6.07, 6.45) is 13.4. The van der Waals surface area contributed by atoms with Crippen molar-refractivity contribution in [2.24, 2.45) is 0 Å². The number of rotatable bonds is 6. The van der Waals surface area contributed by atoms with E-state index in [-0.39, 0.29) is 0 Å². The Balaban J connectivity index is 1.24. The van der Waals surface area contributed by atoms with Gasteiger partial charge >= 0.3 is 0 Å². The third kappa shape index (κ3) is 5.32. The number of hydrogen-bond acceptors (Lipinski definition) is 1. The van der Waals surface area contributed by atoms with Crippen molar-refractivity contribution in [1.29, 1.82) is 0 Å². The minimum atomic E-state index is 0.974. The number of imidazole rings is 1. The van der Waals surface area contributed by atoms with Crippen LogP contribution in [0.2, 0.25) is 0 Å². The largest absolute Gasteiger partial charge is 0.291 e. The fourth-order valence-corrected chi connectivity index (χ4v) is 6.84. The molecule has 47 heavy (non-hydrogen) atoms. The minimum absolute atomic E-state index is 0.974. The van der Waals surface area contributed by atoms with Crippen molar-refractivity contribution in [2.45, 2.75) is 26.7 Å². The maximum atomic E-state index is 5.38. The Kier molecular flexibility index (Phi) is 7.47. The molecule has 0 fully saturated rings. The highest BCUT2D eigenvalue weighted by molar-refractivity contribution is 6.14. The van der Waals surface area contributed by atoms with Gasteiger partial charge in [0, 0.05) is 21.9 Å². The smallest absolute Gasteiger partial charge is 0.146 e. The third-order valence-corrected chi connectivity index (χ3v) is 9.44. The van der Waals surface area contributed by atoms with Gasteiger partial charge in [-0.25, -0.2) is 4.98 Å². The van der Waals surface area contributed by atoms with E-state index in [9.17, 15) is 0 Å². The molecule has 1 aliphatic rings. The first kappa shape index (κ1) is 28.7. The third-order valence-electron chi connectivity index (χ3n) is 9.44. The molecule has 0 bridgehead atoms. The molecule has 226 valence electrons. The summed E-state index contributed by atoms with van der Waals surface area (Å²) in [4.78, 5) is 5.38. The quantitative estimate of drug-likeness (QED) is 0.136. The van der Waals surface area contributed by atoms with Gasteiger partial charge in [0.15, 0.2) is 0 Å². The van der Waals surface area contributed by atoms with E-state index in [0.717, 1.165) is 51.9 Å². The molecule has 0 amide bonds. The van der Waals surface area contributed by atoms with Gasteiger partial charge in [-0.05, 0) is 83.7 Å². The summed E-state index contributed by atoms with van der Waals surface area (Å²) in [6.45, 7) is 4.41. The van der Waals surface area contributed by atoms with Gasteiger partial charge in [-0.3, -0.25) is 4.40 Å². The first-order valence-corrected chi connectivity index (χ1v) is 16.5. The summed E-state index contributed by atoms with van der Waals surface area (Å²) in [6, 6.07) is 45.7. The summed E-state index contributed by atoms with van der Waals surface area (Å²) in [7, 11) is 0. The van der Waals surface area contributed by atoms with Crippen LogP contribution in [0.15, 0.2) is 169 Å². The SMILES string of the molecule is C/C(=C\C=C(/C)c1ccc(-c2ccc3c(c2)c2ccccc2n2c(-c4ccccc4)c(-c4ccccc4)nc32)cc1)C1=CC=CCC1. The van der Waals surface area contributed by atoms with Crippen LogP contribution in [0.3, 0.4) is 0 Å². The molecule has 2 aromatic heterocycles. The molecule has 0 radical (unpaired) electrons. The molecule has 2 heterocycles. The molecule has 0 saturated heterocycles. The van der Waals surface area contributed by atoms with Crippen LogP contribution >= 0.6 is 0 Å². The van der Waals surface area contributed by atoms with Crippen LogP contribution in [0.25, 0.3) is 66.5 Å². The highest BCUT2D eigenvalue weighted by Crippen LogP contribution is 2.40. The summed E-state index contributed by atoms with van der Waals surface area (Å²) in [5, 5.41) is 3.57. The Morgan fingerprint density at radius 1 is 0.617 bits per heavy atom. The number of hydrogen-bond donors (Lipinski definition) is 0. The lowest BCUT2D eigenvalue weighted by Crippen LogP contribution is -1.94. The van der Waals surface area contributed by atoms with E-state index in [1.165, 1.54) is 44.2 Å². The highest BCUT2D eigenvalue weighted by atomic mass is 15.0. The van der Waals surface area contributed by atoms with E-state index in [2.05, 4.69) is 176 Å². The molecule has 2 heteroatoms. The Morgan fingerprint density at radius 3 is 2.04 bits per heavy atom. The monoisotopic (exact) mass is 604 g/mol. The predicted octanol–water partition coefficient (Wildman–Crippen LogP) is 12.3.